The van der Waals surface area contributed by atoms with Crippen LogP contribution >= 0.6 is 0 Å². The van der Waals surface area contributed by atoms with E-state index < -0.39 is 0 Å². The maximum atomic E-state index is 13.3. The molecule has 0 N–H and O–H groups in total. The van der Waals surface area contributed by atoms with E-state index >= 15 is 0 Å². The van der Waals surface area contributed by atoms with Crippen molar-refractivity contribution in [1.29, 1.82) is 0 Å². The average Bonchev–Trinajstić information content (AvgIpc) is 3.46. The van der Waals surface area contributed by atoms with Gasteiger partial charge in [-0.05, 0) is 66.6 Å². The number of halogens is 1. The monoisotopic (exact) mass is 339 g/mol. The predicted molar refractivity (Wildman–Crippen MR) is 94.9 cm³/mol. The number of rotatable bonds is 3. The van der Waals surface area contributed by atoms with E-state index in [9.17, 15) is 9.18 Å². The molecule has 130 valence electrons. The van der Waals surface area contributed by atoms with Gasteiger partial charge in [-0.25, -0.2) is 4.39 Å². The third-order valence-electron chi connectivity index (χ3n) is 5.14. The van der Waals surface area contributed by atoms with Crippen LogP contribution in [0.4, 0.5) is 4.39 Å². The van der Waals surface area contributed by atoms with Crippen molar-refractivity contribution in [1.82, 2.24) is 4.90 Å². The largest absolute Gasteiger partial charge is 0.374 e. The van der Waals surface area contributed by atoms with Crippen molar-refractivity contribution in [2.24, 2.45) is 5.92 Å². The van der Waals surface area contributed by atoms with Gasteiger partial charge in [0.25, 0.3) is 5.91 Å². The molecule has 2 aliphatic rings. The highest BCUT2D eigenvalue weighted by atomic mass is 19.1. The SMILES string of the molecule is Cc1cc(F)ccc1-c1cccc(C(=O)N2CCO[C@@H](C3CC3)C2)c1. The first-order chi connectivity index (χ1) is 12.1. The maximum Gasteiger partial charge on any atom is 0.254 e. The number of morpholine rings is 1. The molecule has 1 amide bonds. The fourth-order valence-corrected chi connectivity index (χ4v) is 3.57. The molecule has 0 radical (unpaired) electrons. The molecule has 2 fully saturated rings. The third-order valence-corrected chi connectivity index (χ3v) is 5.14. The van der Waals surface area contributed by atoms with E-state index in [1.165, 1.54) is 25.0 Å². The van der Waals surface area contributed by atoms with E-state index in [4.69, 9.17) is 4.74 Å². The number of carbonyl (C=O) groups is 1. The smallest absolute Gasteiger partial charge is 0.254 e. The summed E-state index contributed by atoms with van der Waals surface area (Å²) >= 11 is 0. The number of aryl methyl sites for hydroxylation is 1. The minimum Gasteiger partial charge on any atom is -0.374 e. The van der Waals surface area contributed by atoms with Crippen LogP contribution < -0.4 is 0 Å². The Bertz CT molecular complexity index is 800. The normalized spacial score (nSPS) is 20.6. The Morgan fingerprint density at radius 3 is 2.80 bits per heavy atom. The van der Waals surface area contributed by atoms with Crippen LogP contribution in [0.15, 0.2) is 42.5 Å². The van der Waals surface area contributed by atoms with Crippen LogP contribution in [0, 0.1) is 18.7 Å². The Labute approximate surface area is 147 Å². The van der Waals surface area contributed by atoms with Gasteiger partial charge in [-0.3, -0.25) is 4.79 Å². The first-order valence-corrected chi connectivity index (χ1v) is 8.89. The molecular weight excluding hydrogens is 317 g/mol. The molecule has 1 heterocycles. The van der Waals surface area contributed by atoms with Gasteiger partial charge in [-0.1, -0.05) is 18.2 Å². The minimum absolute atomic E-state index is 0.0514. The molecule has 25 heavy (non-hydrogen) atoms. The summed E-state index contributed by atoms with van der Waals surface area (Å²) in [5.41, 5.74) is 3.44. The molecule has 4 rings (SSSR count). The molecule has 1 aliphatic carbocycles. The fourth-order valence-electron chi connectivity index (χ4n) is 3.57. The second-order valence-electron chi connectivity index (χ2n) is 7.04. The van der Waals surface area contributed by atoms with Gasteiger partial charge in [-0.15, -0.1) is 0 Å². The van der Waals surface area contributed by atoms with E-state index in [-0.39, 0.29) is 17.8 Å². The van der Waals surface area contributed by atoms with Crippen molar-refractivity contribution in [3.63, 3.8) is 0 Å². The van der Waals surface area contributed by atoms with Crippen molar-refractivity contribution < 1.29 is 13.9 Å². The second kappa shape index (κ2) is 6.60. The topological polar surface area (TPSA) is 29.5 Å². The van der Waals surface area contributed by atoms with Gasteiger partial charge in [0.2, 0.25) is 0 Å². The van der Waals surface area contributed by atoms with Crippen LogP contribution in [0.3, 0.4) is 0 Å². The van der Waals surface area contributed by atoms with E-state index in [1.807, 2.05) is 36.1 Å². The summed E-state index contributed by atoms with van der Waals surface area (Å²) in [7, 11) is 0. The lowest BCUT2D eigenvalue weighted by Gasteiger charge is -2.33. The van der Waals surface area contributed by atoms with Crippen LogP contribution in [0.2, 0.25) is 0 Å². The molecule has 0 bridgehead atoms. The van der Waals surface area contributed by atoms with Gasteiger partial charge in [0, 0.05) is 18.7 Å². The lowest BCUT2D eigenvalue weighted by Crippen LogP contribution is -2.46. The molecule has 1 aliphatic heterocycles. The molecule has 0 unspecified atom stereocenters. The first kappa shape index (κ1) is 16.3. The Morgan fingerprint density at radius 2 is 2.04 bits per heavy atom. The van der Waals surface area contributed by atoms with Gasteiger partial charge in [0.05, 0.1) is 12.7 Å². The molecule has 2 aromatic rings. The molecule has 0 aromatic heterocycles. The third kappa shape index (κ3) is 3.45. The second-order valence-corrected chi connectivity index (χ2v) is 7.04. The number of carbonyl (C=O) groups excluding carboxylic acids is 1. The summed E-state index contributed by atoms with van der Waals surface area (Å²) in [6.45, 7) is 3.82. The fraction of sp³-hybridized carbons (Fsp3) is 0.381. The molecule has 1 saturated heterocycles. The first-order valence-electron chi connectivity index (χ1n) is 8.89. The summed E-state index contributed by atoms with van der Waals surface area (Å²) in [6, 6.07) is 12.4. The lowest BCUT2D eigenvalue weighted by atomic mass is 9.98. The van der Waals surface area contributed by atoms with Crippen molar-refractivity contribution in [3.05, 3.63) is 59.4 Å². The minimum atomic E-state index is -0.243. The summed E-state index contributed by atoms with van der Waals surface area (Å²) in [4.78, 5) is 14.8. The highest BCUT2D eigenvalue weighted by Crippen LogP contribution is 2.36. The van der Waals surface area contributed by atoms with E-state index in [0.29, 0.717) is 31.2 Å². The maximum absolute atomic E-state index is 13.3. The number of hydrogen-bond acceptors (Lipinski definition) is 2. The Kier molecular flexibility index (Phi) is 4.30. The molecule has 1 atom stereocenters. The van der Waals surface area contributed by atoms with Crippen LogP contribution in [0.1, 0.15) is 28.8 Å². The molecule has 1 saturated carbocycles. The lowest BCUT2D eigenvalue weighted by molar-refractivity contribution is -0.0313. The van der Waals surface area contributed by atoms with Gasteiger partial charge < -0.3 is 9.64 Å². The highest BCUT2D eigenvalue weighted by Gasteiger charge is 2.36. The van der Waals surface area contributed by atoms with Gasteiger partial charge in [-0.2, -0.15) is 0 Å². The highest BCUT2D eigenvalue weighted by molar-refractivity contribution is 5.95. The van der Waals surface area contributed by atoms with E-state index in [1.54, 1.807) is 6.07 Å². The van der Waals surface area contributed by atoms with E-state index in [0.717, 1.165) is 16.7 Å². The Balaban J connectivity index is 1.57. The summed E-state index contributed by atoms with van der Waals surface area (Å²) in [6.07, 6.45) is 2.62. The summed E-state index contributed by atoms with van der Waals surface area (Å²) < 4.78 is 19.2. The van der Waals surface area contributed by atoms with Crippen LogP contribution in [0.25, 0.3) is 11.1 Å². The van der Waals surface area contributed by atoms with Crippen LogP contribution in [-0.4, -0.2) is 36.6 Å². The van der Waals surface area contributed by atoms with Gasteiger partial charge in [0.15, 0.2) is 0 Å². The zero-order valence-electron chi connectivity index (χ0n) is 14.4. The van der Waals surface area contributed by atoms with Gasteiger partial charge >= 0.3 is 0 Å². The average molecular weight is 339 g/mol. The summed E-state index contributed by atoms with van der Waals surface area (Å²) in [5.74, 6) is 0.437. The zero-order valence-corrected chi connectivity index (χ0v) is 14.4. The van der Waals surface area contributed by atoms with Crippen molar-refractivity contribution in [2.75, 3.05) is 19.7 Å². The molecule has 4 heteroatoms. The van der Waals surface area contributed by atoms with Crippen molar-refractivity contribution in [2.45, 2.75) is 25.9 Å². The van der Waals surface area contributed by atoms with E-state index in [2.05, 4.69) is 0 Å². The molecule has 2 aromatic carbocycles. The Morgan fingerprint density at radius 1 is 1.20 bits per heavy atom. The number of benzene rings is 2. The number of nitrogens with zero attached hydrogens (tertiary/aromatic N) is 1. The molecular formula is C21H22FNO2. The standard InChI is InChI=1S/C21H22FNO2/c1-14-11-18(22)7-8-19(14)16-3-2-4-17(12-16)21(24)23-9-10-25-20(13-23)15-5-6-15/h2-4,7-8,11-12,15,20H,5-6,9-10,13H2,1H3/t20-/m1/s1. The van der Waals surface area contributed by atoms with Crippen LogP contribution in [-0.2, 0) is 4.74 Å². The predicted octanol–water partition coefficient (Wildman–Crippen LogP) is 4.05. The zero-order chi connectivity index (χ0) is 17.4. The van der Waals surface area contributed by atoms with Crippen molar-refractivity contribution in [3.8, 4) is 11.1 Å². The molecule has 3 nitrogen and oxygen atoms in total. The van der Waals surface area contributed by atoms with Crippen LogP contribution in [0.5, 0.6) is 0 Å². The molecule has 0 spiro atoms. The number of hydrogen-bond donors (Lipinski definition) is 0. The quantitative estimate of drug-likeness (QED) is 0.844. The summed E-state index contributed by atoms with van der Waals surface area (Å²) in [5, 5.41) is 0. The van der Waals surface area contributed by atoms with Gasteiger partial charge in [0.1, 0.15) is 5.82 Å². The number of amides is 1. The Hall–Kier alpha value is -2.20. The van der Waals surface area contributed by atoms with Crippen molar-refractivity contribution >= 4 is 5.91 Å². The number of ether oxygens (including phenoxy) is 1.